The van der Waals surface area contributed by atoms with Gasteiger partial charge in [-0.3, -0.25) is 0 Å². The van der Waals surface area contributed by atoms with E-state index >= 15 is 0 Å². The number of halogens is 1. The number of benzene rings is 1. The van der Waals surface area contributed by atoms with Gasteiger partial charge >= 0.3 is 0 Å². The van der Waals surface area contributed by atoms with Gasteiger partial charge in [0.15, 0.2) is 5.65 Å². The second kappa shape index (κ2) is 7.01. The molecule has 0 radical (unpaired) electrons. The number of aromatic nitrogens is 4. The van der Waals surface area contributed by atoms with E-state index in [0.717, 1.165) is 12.4 Å². The van der Waals surface area contributed by atoms with Gasteiger partial charge in [-0.05, 0) is 29.8 Å². The van der Waals surface area contributed by atoms with Crippen molar-refractivity contribution in [1.82, 2.24) is 19.6 Å². The highest BCUT2D eigenvalue weighted by molar-refractivity contribution is 5.60. The van der Waals surface area contributed by atoms with E-state index in [1.807, 2.05) is 30.3 Å². The Morgan fingerprint density at radius 3 is 2.75 bits per heavy atom. The van der Waals surface area contributed by atoms with E-state index in [2.05, 4.69) is 27.0 Å². The number of rotatable bonds is 3. The first-order valence-corrected chi connectivity index (χ1v) is 9.17. The molecule has 1 saturated heterocycles. The van der Waals surface area contributed by atoms with E-state index in [1.165, 1.54) is 11.6 Å². The zero-order valence-corrected chi connectivity index (χ0v) is 15.1. The zero-order chi connectivity index (χ0) is 18.9. The fraction of sp³-hybridized carbons (Fsp3) is 0.190. The number of anilines is 1. The van der Waals surface area contributed by atoms with Crippen molar-refractivity contribution in [2.45, 2.75) is 6.04 Å². The molecule has 0 spiro atoms. The maximum Gasteiger partial charge on any atom is 0.213 e. The van der Waals surface area contributed by atoms with Gasteiger partial charge in [0.25, 0.3) is 0 Å². The molecule has 3 aromatic heterocycles. The summed E-state index contributed by atoms with van der Waals surface area (Å²) in [5.41, 5.74) is 3.02. The Kier molecular flexibility index (Phi) is 4.21. The Hall–Kier alpha value is -3.32. The van der Waals surface area contributed by atoms with E-state index in [1.54, 1.807) is 22.8 Å². The van der Waals surface area contributed by atoms with Crippen LogP contribution in [0, 0.1) is 5.95 Å². The summed E-state index contributed by atoms with van der Waals surface area (Å²) in [4.78, 5) is 10.6. The fourth-order valence-corrected chi connectivity index (χ4v) is 3.57. The first kappa shape index (κ1) is 16.8. The van der Waals surface area contributed by atoms with Crippen molar-refractivity contribution in [3.63, 3.8) is 0 Å². The molecule has 1 aliphatic rings. The highest BCUT2D eigenvalue weighted by atomic mass is 19.1. The summed E-state index contributed by atoms with van der Waals surface area (Å²) in [5.74, 6) is 0.293. The largest absolute Gasteiger partial charge is 0.377 e. The van der Waals surface area contributed by atoms with Crippen molar-refractivity contribution in [1.29, 1.82) is 0 Å². The topological polar surface area (TPSA) is 55.5 Å². The molecule has 1 aromatic carbocycles. The number of hydrogen-bond donors (Lipinski definition) is 0. The summed E-state index contributed by atoms with van der Waals surface area (Å²) in [5, 5.41) is 4.80. The Bertz CT molecular complexity index is 1110. The number of imidazole rings is 1. The van der Waals surface area contributed by atoms with E-state index in [0.29, 0.717) is 30.2 Å². The first-order chi connectivity index (χ1) is 13.8. The van der Waals surface area contributed by atoms with Gasteiger partial charge in [-0.1, -0.05) is 36.4 Å². The Balaban J connectivity index is 1.58. The number of hydrogen-bond acceptors (Lipinski definition) is 5. The molecule has 4 heterocycles. The number of fused-ring (bicyclic) bond motifs is 1. The summed E-state index contributed by atoms with van der Waals surface area (Å²) < 4.78 is 21.0. The lowest BCUT2D eigenvalue weighted by molar-refractivity contribution is 0.0936. The maximum atomic E-state index is 13.6. The van der Waals surface area contributed by atoms with Crippen molar-refractivity contribution < 1.29 is 9.13 Å². The van der Waals surface area contributed by atoms with Crippen LogP contribution in [0.1, 0.15) is 11.6 Å². The van der Waals surface area contributed by atoms with Gasteiger partial charge in [-0.15, -0.1) is 5.10 Å². The summed E-state index contributed by atoms with van der Waals surface area (Å²) in [7, 11) is 0. The molecule has 1 fully saturated rings. The minimum absolute atomic E-state index is 0.0826. The quantitative estimate of drug-likeness (QED) is 0.513. The molecule has 0 amide bonds. The molecule has 0 aliphatic carbocycles. The van der Waals surface area contributed by atoms with E-state index < -0.39 is 5.95 Å². The van der Waals surface area contributed by atoms with Crippen molar-refractivity contribution in [3.8, 4) is 11.4 Å². The third kappa shape index (κ3) is 2.99. The van der Waals surface area contributed by atoms with Crippen LogP contribution in [-0.2, 0) is 4.74 Å². The summed E-state index contributed by atoms with van der Waals surface area (Å²) >= 11 is 0. The van der Waals surface area contributed by atoms with Crippen LogP contribution in [0.25, 0.3) is 17.0 Å². The third-order valence-electron chi connectivity index (χ3n) is 4.93. The van der Waals surface area contributed by atoms with Gasteiger partial charge in [0.1, 0.15) is 11.5 Å². The minimum atomic E-state index is -0.527. The molecule has 5 rings (SSSR count). The minimum Gasteiger partial charge on any atom is -0.377 e. The molecule has 140 valence electrons. The van der Waals surface area contributed by atoms with Crippen LogP contribution >= 0.6 is 0 Å². The maximum absolute atomic E-state index is 13.6. The fourth-order valence-electron chi connectivity index (χ4n) is 3.57. The van der Waals surface area contributed by atoms with E-state index in [4.69, 9.17) is 9.84 Å². The van der Waals surface area contributed by atoms with Crippen LogP contribution in [-0.4, -0.2) is 39.3 Å². The lowest BCUT2D eigenvalue weighted by Gasteiger charge is -2.36. The highest BCUT2D eigenvalue weighted by Gasteiger charge is 2.26. The first-order valence-electron chi connectivity index (χ1n) is 9.17. The van der Waals surface area contributed by atoms with Gasteiger partial charge in [0.2, 0.25) is 5.95 Å². The number of nitrogens with zero attached hydrogens (tertiary/aromatic N) is 5. The number of morpholine rings is 1. The average molecular weight is 375 g/mol. The molecule has 0 saturated carbocycles. The zero-order valence-electron chi connectivity index (χ0n) is 15.1. The number of pyridine rings is 1. The van der Waals surface area contributed by atoms with E-state index in [-0.39, 0.29) is 6.04 Å². The normalized spacial score (nSPS) is 17.2. The number of ether oxygens (including phenoxy) is 1. The smallest absolute Gasteiger partial charge is 0.213 e. The van der Waals surface area contributed by atoms with Gasteiger partial charge in [0, 0.05) is 6.54 Å². The lowest BCUT2D eigenvalue weighted by atomic mass is 10.1. The van der Waals surface area contributed by atoms with Crippen LogP contribution < -0.4 is 4.90 Å². The van der Waals surface area contributed by atoms with Crippen LogP contribution in [0.4, 0.5) is 10.2 Å². The lowest BCUT2D eigenvalue weighted by Crippen LogP contribution is -2.40. The van der Waals surface area contributed by atoms with E-state index in [9.17, 15) is 4.39 Å². The summed E-state index contributed by atoms with van der Waals surface area (Å²) in [6.07, 6.45) is 1.67. The SMILES string of the molecule is Fc1cccc(-c2cnc3ccc(N4CCOC[C@@H]4c4ccccc4)nn23)n1. The van der Waals surface area contributed by atoms with Crippen molar-refractivity contribution >= 4 is 11.5 Å². The molecule has 0 N–H and O–H groups in total. The molecule has 1 atom stereocenters. The molecule has 4 aromatic rings. The Morgan fingerprint density at radius 1 is 1.00 bits per heavy atom. The monoisotopic (exact) mass is 375 g/mol. The van der Waals surface area contributed by atoms with Crippen molar-refractivity contribution in [2.24, 2.45) is 0 Å². The van der Waals surface area contributed by atoms with Crippen molar-refractivity contribution in [3.05, 3.63) is 78.4 Å². The van der Waals surface area contributed by atoms with Gasteiger partial charge in [-0.25, -0.2) is 14.5 Å². The molecule has 1 aliphatic heterocycles. The average Bonchev–Trinajstić information content (AvgIpc) is 3.18. The second-order valence-corrected chi connectivity index (χ2v) is 6.65. The molecule has 6 nitrogen and oxygen atoms in total. The van der Waals surface area contributed by atoms with Crippen molar-refractivity contribution in [2.75, 3.05) is 24.7 Å². The van der Waals surface area contributed by atoms with Gasteiger partial charge in [0.05, 0.1) is 31.1 Å². The Morgan fingerprint density at radius 2 is 1.89 bits per heavy atom. The Labute approximate surface area is 161 Å². The highest BCUT2D eigenvalue weighted by Crippen LogP contribution is 2.29. The van der Waals surface area contributed by atoms with Crippen LogP contribution in [0.5, 0.6) is 0 Å². The molecule has 0 unspecified atom stereocenters. The third-order valence-corrected chi connectivity index (χ3v) is 4.93. The molecular weight excluding hydrogens is 357 g/mol. The summed E-state index contributed by atoms with van der Waals surface area (Å²) in [6, 6.07) is 18.9. The van der Waals surface area contributed by atoms with Crippen LogP contribution in [0.2, 0.25) is 0 Å². The molecular formula is C21H18FN5O. The van der Waals surface area contributed by atoms with Gasteiger partial charge < -0.3 is 9.64 Å². The van der Waals surface area contributed by atoms with Crippen LogP contribution in [0.3, 0.4) is 0 Å². The molecule has 0 bridgehead atoms. The second-order valence-electron chi connectivity index (χ2n) is 6.65. The predicted octanol–water partition coefficient (Wildman–Crippen LogP) is 3.51. The molecule has 28 heavy (non-hydrogen) atoms. The van der Waals surface area contributed by atoms with Gasteiger partial charge in [-0.2, -0.15) is 4.39 Å². The predicted molar refractivity (Wildman–Crippen MR) is 104 cm³/mol. The molecule has 7 heteroatoms. The van der Waals surface area contributed by atoms with Crippen LogP contribution in [0.15, 0.2) is 66.9 Å². The standard InChI is InChI=1S/C21H18FN5O/c22-19-8-4-7-16(24-19)17-13-23-20-9-10-21(25-27(17)20)26-11-12-28-14-18(26)15-5-2-1-3-6-15/h1-10,13,18H,11-12,14H2/t18-/m1/s1. The summed E-state index contributed by atoms with van der Waals surface area (Å²) in [6.45, 7) is 1.98.